The summed E-state index contributed by atoms with van der Waals surface area (Å²) in [5.74, 6) is -0.755. The quantitative estimate of drug-likeness (QED) is 0.565. The third-order valence-electron chi connectivity index (χ3n) is 4.77. The minimum atomic E-state index is -5.76. The van der Waals surface area contributed by atoms with Crippen molar-refractivity contribution >= 4 is 6.16 Å². The van der Waals surface area contributed by atoms with Gasteiger partial charge in [0.05, 0.1) is 7.11 Å². The van der Waals surface area contributed by atoms with Crippen molar-refractivity contribution in [3.8, 4) is 0 Å². The van der Waals surface area contributed by atoms with Gasteiger partial charge < -0.3 is 9.47 Å². The van der Waals surface area contributed by atoms with Crippen LogP contribution in [0.3, 0.4) is 0 Å². The predicted octanol–water partition coefficient (Wildman–Crippen LogP) is 4.46. The third-order valence-corrected chi connectivity index (χ3v) is 4.77. The summed E-state index contributed by atoms with van der Waals surface area (Å²) in [4.78, 5) is 11.0. The van der Waals surface area contributed by atoms with E-state index in [0.717, 1.165) is 6.42 Å². The number of fused-ring (bicyclic) bond motifs is 2. The standard InChI is InChI=1S/C13H16F6O3/c1-21-10(20)22-11(12(14,15)16,13(17,18)19)6-9-5-7-2-3-8(9)4-7/h7-9H,2-6H2,1H3. The molecule has 0 heterocycles. The molecule has 0 aliphatic heterocycles. The van der Waals surface area contributed by atoms with Gasteiger partial charge in [-0.05, 0) is 37.0 Å². The largest absolute Gasteiger partial charge is 0.509 e. The average molecular weight is 334 g/mol. The number of rotatable bonds is 3. The lowest BCUT2D eigenvalue weighted by Crippen LogP contribution is -2.60. The molecule has 0 N–H and O–H groups in total. The van der Waals surface area contributed by atoms with Crippen LogP contribution >= 0.6 is 0 Å². The second kappa shape index (κ2) is 5.49. The summed E-state index contributed by atoms with van der Waals surface area (Å²) < 4.78 is 86.9. The predicted molar refractivity (Wildman–Crippen MR) is 61.9 cm³/mol. The van der Waals surface area contributed by atoms with Gasteiger partial charge in [0.1, 0.15) is 0 Å². The number of alkyl halides is 6. The number of carbonyl (C=O) groups excluding carboxylic acids is 1. The first-order valence-electron chi connectivity index (χ1n) is 6.90. The van der Waals surface area contributed by atoms with E-state index in [1.165, 1.54) is 0 Å². The maximum Gasteiger partial charge on any atom is 0.509 e. The molecule has 128 valence electrons. The lowest BCUT2D eigenvalue weighted by molar-refractivity contribution is -0.373. The molecule has 0 radical (unpaired) electrons. The molecule has 2 rings (SSSR count). The Labute approximate surface area is 122 Å². The van der Waals surface area contributed by atoms with Gasteiger partial charge in [0.25, 0.3) is 0 Å². The van der Waals surface area contributed by atoms with E-state index in [1.54, 1.807) is 0 Å². The van der Waals surface area contributed by atoms with Gasteiger partial charge in [0.15, 0.2) is 0 Å². The van der Waals surface area contributed by atoms with E-state index in [4.69, 9.17) is 0 Å². The fourth-order valence-corrected chi connectivity index (χ4v) is 3.73. The van der Waals surface area contributed by atoms with Gasteiger partial charge in [-0.25, -0.2) is 4.79 Å². The molecular weight excluding hydrogens is 318 g/mol. The van der Waals surface area contributed by atoms with Crippen molar-refractivity contribution in [1.82, 2.24) is 0 Å². The fraction of sp³-hybridized carbons (Fsp3) is 0.923. The van der Waals surface area contributed by atoms with Crippen LogP contribution in [0.5, 0.6) is 0 Å². The summed E-state index contributed by atoms with van der Waals surface area (Å²) in [6.45, 7) is 0. The first-order chi connectivity index (χ1) is 10.00. The van der Waals surface area contributed by atoms with Crippen LogP contribution < -0.4 is 0 Å². The van der Waals surface area contributed by atoms with Gasteiger partial charge in [-0.3, -0.25) is 0 Å². The highest BCUT2D eigenvalue weighted by Gasteiger charge is 2.75. The maximum absolute atomic E-state index is 13.2. The van der Waals surface area contributed by atoms with E-state index >= 15 is 0 Å². The summed E-state index contributed by atoms with van der Waals surface area (Å²) in [6.07, 6.45) is -12.4. The Bertz CT molecular complexity index is 416. The molecule has 9 heteroatoms. The van der Waals surface area contributed by atoms with Crippen molar-refractivity contribution in [2.75, 3.05) is 7.11 Å². The SMILES string of the molecule is COC(=O)OC(CC1CC2CCC1C2)(C(F)(F)F)C(F)(F)F. The number of methoxy groups -OCH3 is 1. The summed E-state index contributed by atoms with van der Waals surface area (Å²) in [6, 6.07) is 0. The number of hydrogen-bond acceptors (Lipinski definition) is 3. The van der Waals surface area contributed by atoms with Crippen LogP contribution in [0.2, 0.25) is 0 Å². The Morgan fingerprint density at radius 2 is 1.64 bits per heavy atom. The van der Waals surface area contributed by atoms with Gasteiger partial charge in [0, 0.05) is 6.42 Å². The van der Waals surface area contributed by atoms with E-state index in [9.17, 15) is 31.1 Å². The molecule has 2 fully saturated rings. The minimum Gasteiger partial charge on any atom is -0.438 e. The van der Waals surface area contributed by atoms with Crippen LogP contribution in [0.25, 0.3) is 0 Å². The minimum absolute atomic E-state index is 0.171. The topological polar surface area (TPSA) is 35.5 Å². The Balaban J connectivity index is 2.32. The number of hydrogen-bond donors (Lipinski definition) is 0. The Hall–Kier alpha value is -1.15. The third kappa shape index (κ3) is 2.86. The highest BCUT2D eigenvalue weighted by molar-refractivity contribution is 5.60. The van der Waals surface area contributed by atoms with Crippen molar-refractivity contribution in [2.45, 2.75) is 50.1 Å². The second-order valence-corrected chi connectivity index (χ2v) is 6.02. The molecule has 0 aromatic heterocycles. The summed E-state index contributed by atoms with van der Waals surface area (Å²) in [7, 11) is 0.664. The number of carbonyl (C=O) groups is 1. The van der Waals surface area contributed by atoms with Crippen molar-refractivity contribution < 1.29 is 40.6 Å². The van der Waals surface area contributed by atoms with Crippen LogP contribution in [0.15, 0.2) is 0 Å². The van der Waals surface area contributed by atoms with Crippen molar-refractivity contribution in [3.05, 3.63) is 0 Å². The second-order valence-electron chi connectivity index (χ2n) is 6.02. The van der Waals surface area contributed by atoms with E-state index in [0.29, 0.717) is 26.4 Å². The van der Waals surface area contributed by atoms with Gasteiger partial charge in [-0.1, -0.05) is 6.42 Å². The van der Waals surface area contributed by atoms with Crippen LogP contribution in [0.4, 0.5) is 31.1 Å². The molecule has 0 amide bonds. The molecular formula is C13H16F6O3. The Morgan fingerprint density at radius 1 is 1.05 bits per heavy atom. The van der Waals surface area contributed by atoms with Crippen LogP contribution in [-0.4, -0.2) is 31.2 Å². The zero-order valence-corrected chi connectivity index (χ0v) is 11.8. The molecule has 2 aliphatic carbocycles. The fourth-order valence-electron chi connectivity index (χ4n) is 3.73. The van der Waals surface area contributed by atoms with Crippen LogP contribution in [-0.2, 0) is 9.47 Å². The monoisotopic (exact) mass is 334 g/mol. The molecule has 3 nitrogen and oxygen atoms in total. The zero-order chi connectivity index (χ0) is 16.8. The van der Waals surface area contributed by atoms with Crippen molar-refractivity contribution in [2.24, 2.45) is 17.8 Å². The number of halogens is 6. The maximum atomic E-state index is 13.2. The van der Waals surface area contributed by atoms with Gasteiger partial charge >= 0.3 is 24.1 Å². The normalized spacial score (nSPS) is 28.8. The highest BCUT2D eigenvalue weighted by Crippen LogP contribution is 2.56. The van der Waals surface area contributed by atoms with Crippen LogP contribution in [0, 0.1) is 17.8 Å². The molecule has 2 aliphatic rings. The summed E-state index contributed by atoms with van der Waals surface area (Å²) in [5, 5.41) is 0. The van der Waals surface area contributed by atoms with Gasteiger partial charge in [0.2, 0.25) is 0 Å². The van der Waals surface area contributed by atoms with Crippen LogP contribution in [0.1, 0.15) is 32.1 Å². The molecule has 2 bridgehead atoms. The highest BCUT2D eigenvalue weighted by atomic mass is 19.4. The molecule has 3 atom stereocenters. The van der Waals surface area contributed by atoms with Crippen molar-refractivity contribution in [3.63, 3.8) is 0 Å². The van der Waals surface area contributed by atoms with E-state index < -0.39 is 36.4 Å². The Kier molecular flexibility index (Phi) is 4.29. The molecule has 22 heavy (non-hydrogen) atoms. The first-order valence-corrected chi connectivity index (χ1v) is 6.90. The summed E-state index contributed by atoms with van der Waals surface area (Å²) >= 11 is 0. The zero-order valence-electron chi connectivity index (χ0n) is 11.8. The smallest absolute Gasteiger partial charge is 0.438 e. The van der Waals surface area contributed by atoms with Gasteiger partial charge in [-0.2, -0.15) is 26.3 Å². The van der Waals surface area contributed by atoms with E-state index in [-0.39, 0.29) is 11.8 Å². The molecule has 0 spiro atoms. The van der Waals surface area contributed by atoms with Gasteiger partial charge in [-0.15, -0.1) is 0 Å². The lowest BCUT2D eigenvalue weighted by atomic mass is 9.79. The van der Waals surface area contributed by atoms with E-state index in [1.807, 2.05) is 0 Å². The molecule has 0 aromatic rings. The summed E-state index contributed by atoms with van der Waals surface area (Å²) in [5.41, 5.74) is -4.51. The molecule has 0 saturated heterocycles. The first kappa shape index (κ1) is 17.2. The molecule has 2 saturated carbocycles. The van der Waals surface area contributed by atoms with E-state index in [2.05, 4.69) is 9.47 Å². The molecule has 3 unspecified atom stereocenters. The molecule has 0 aromatic carbocycles. The average Bonchev–Trinajstić information content (AvgIpc) is 2.97. The Morgan fingerprint density at radius 3 is 2.00 bits per heavy atom. The number of ether oxygens (including phenoxy) is 2. The van der Waals surface area contributed by atoms with Crippen molar-refractivity contribution in [1.29, 1.82) is 0 Å². The lowest BCUT2D eigenvalue weighted by Gasteiger charge is -2.39.